The zero-order valence-corrected chi connectivity index (χ0v) is 43.4. The highest BCUT2D eigenvalue weighted by atomic mass is 28.3. The maximum atomic E-state index is 3.12. The summed E-state index contributed by atoms with van der Waals surface area (Å²) in [6.45, 7) is 20.8. The molecular weight excluding hydrogens is 741 g/mol. The van der Waals surface area contributed by atoms with Crippen molar-refractivity contribution in [3.8, 4) is 0 Å². The van der Waals surface area contributed by atoms with E-state index in [-0.39, 0.29) is 0 Å². The normalized spacial score (nSPS) is 39.7. The van der Waals surface area contributed by atoms with Gasteiger partial charge >= 0.3 is 0 Å². The summed E-state index contributed by atoms with van der Waals surface area (Å²) in [5, 5.41) is 0. The molecule has 2 heteroatoms. The summed E-state index contributed by atoms with van der Waals surface area (Å²) in [5.41, 5.74) is 4.98. The molecule has 0 nitrogen and oxygen atoms in total. The van der Waals surface area contributed by atoms with Crippen molar-refractivity contribution < 1.29 is 0 Å². The highest BCUT2D eigenvalue weighted by molar-refractivity contribution is 6.77. The van der Waals surface area contributed by atoms with Gasteiger partial charge < -0.3 is 0 Å². The molecule has 0 bridgehead atoms. The van der Waals surface area contributed by atoms with Crippen molar-refractivity contribution in [3.05, 3.63) is 11.6 Å². The van der Waals surface area contributed by atoms with Crippen LogP contribution >= 0.6 is 0 Å². The molecule has 7 saturated carbocycles. The average Bonchev–Trinajstić information content (AvgIpc) is 3.51. The third-order valence-electron chi connectivity index (χ3n) is 21.0. The fourth-order valence-corrected chi connectivity index (χ4v) is 21.6. The van der Waals surface area contributed by atoms with Gasteiger partial charge in [-0.15, -0.1) is 0 Å². The first-order chi connectivity index (χ1) is 28.4. The second-order valence-electron chi connectivity index (χ2n) is 26.1. The number of hydrogen-bond acceptors (Lipinski definition) is 0. The molecule has 0 aromatic rings. The van der Waals surface area contributed by atoms with E-state index in [1.54, 1.807) is 148 Å². The Morgan fingerprint density at radius 2 is 0.881 bits per heavy atom. The molecule has 5 atom stereocenters. The second-order valence-corrected chi connectivity index (χ2v) is 37.2. The van der Waals surface area contributed by atoms with Gasteiger partial charge in [-0.3, -0.25) is 0 Å². The molecule has 0 saturated heterocycles. The van der Waals surface area contributed by atoms with E-state index >= 15 is 0 Å². The molecule has 7 fully saturated rings. The third kappa shape index (κ3) is 11.5. The van der Waals surface area contributed by atoms with Crippen LogP contribution in [0.1, 0.15) is 226 Å². The Labute approximate surface area is 372 Å². The quantitative estimate of drug-likeness (QED) is 0.0777. The molecule has 0 amide bonds. The van der Waals surface area contributed by atoms with E-state index in [4.69, 9.17) is 0 Å². The summed E-state index contributed by atoms with van der Waals surface area (Å²) in [4.78, 5) is 0. The van der Waals surface area contributed by atoms with Gasteiger partial charge in [0.05, 0.1) is 0 Å². The topological polar surface area (TPSA) is 0 Å². The van der Waals surface area contributed by atoms with Gasteiger partial charge in [-0.2, -0.15) is 0 Å². The van der Waals surface area contributed by atoms with Crippen LogP contribution in [0, 0.1) is 70.5 Å². The molecule has 7 aliphatic carbocycles. The summed E-state index contributed by atoms with van der Waals surface area (Å²) in [6.07, 6.45) is 54.1. The SMILES string of the molecule is CCCCCCC1(CCCCCC)C2CCCCC2C2CCC(/C(=C\C3CCC(C4CCC([Si](C)(C)C)CC4)CC3)C3CCC(C4CCC([Si](C)(C)C)CC4)CC3)CC21. The van der Waals surface area contributed by atoms with Gasteiger partial charge in [-0.25, -0.2) is 0 Å². The Bertz CT molecular complexity index is 1240. The zero-order valence-electron chi connectivity index (χ0n) is 41.4. The van der Waals surface area contributed by atoms with Crippen molar-refractivity contribution in [3.63, 3.8) is 0 Å². The molecule has 59 heavy (non-hydrogen) atoms. The van der Waals surface area contributed by atoms with E-state index in [1.807, 2.05) is 0 Å². The molecule has 0 N–H and O–H groups in total. The summed E-state index contributed by atoms with van der Waals surface area (Å²) in [7, 11) is -1.96. The molecule has 0 aromatic heterocycles. The smallest absolute Gasteiger partial charge is 0.0473 e. The van der Waals surface area contributed by atoms with Gasteiger partial charge in [0.25, 0.3) is 0 Å². The monoisotopic (exact) mass is 845 g/mol. The van der Waals surface area contributed by atoms with Gasteiger partial charge in [-0.05, 0) is 178 Å². The Hall–Kier alpha value is 0.174. The average molecular weight is 846 g/mol. The molecule has 340 valence electrons. The van der Waals surface area contributed by atoms with E-state index in [9.17, 15) is 0 Å². The lowest BCUT2D eigenvalue weighted by atomic mass is 9.58. The molecule has 0 radical (unpaired) electrons. The third-order valence-corrected chi connectivity index (χ3v) is 27.1. The molecule has 5 unspecified atom stereocenters. The van der Waals surface area contributed by atoms with Crippen LogP contribution < -0.4 is 0 Å². The highest BCUT2D eigenvalue weighted by Crippen LogP contribution is 2.68. The Morgan fingerprint density at radius 3 is 1.37 bits per heavy atom. The van der Waals surface area contributed by atoms with E-state index in [1.165, 1.54) is 64.2 Å². The summed E-state index contributed by atoms with van der Waals surface area (Å²) in [6, 6.07) is 0. The van der Waals surface area contributed by atoms with Gasteiger partial charge in [0.1, 0.15) is 0 Å². The van der Waals surface area contributed by atoms with Crippen molar-refractivity contribution in [2.45, 2.75) is 276 Å². The van der Waals surface area contributed by atoms with Crippen LogP contribution in [0.4, 0.5) is 0 Å². The molecule has 0 aliphatic heterocycles. The molecule has 7 rings (SSSR count). The lowest BCUT2D eigenvalue weighted by Crippen LogP contribution is -2.38. The largest absolute Gasteiger partial charge is 0.0817 e. The van der Waals surface area contributed by atoms with Gasteiger partial charge in [-0.1, -0.05) is 180 Å². The van der Waals surface area contributed by atoms with Crippen LogP contribution in [0.15, 0.2) is 11.6 Å². The number of unbranched alkanes of at least 4 members (excludes halogenated alkanes) is 6. The van der Waals surface area contributed by atoms with Crippen molar-refractivity contribution in [1.29, 1.82) is 0 Å². The fraction of sp³-hybridized carbons (Fsp3) is 0.965. The first-order valence-electron chi connectivity index (χ1n) is 28.1. The van der Waals surface area contributed by atoms with Crippen LogP contribution in [0.2, 0.25) is 50.4 Å². The minimum Gasteiger partial charge on any atom is -0.0817 e. The molecule has 0 spiro atoms. The van der Waals surface area contributed by atoms with Crippen molar-refractivity contribution in [2.24, 2.45) is 70.5 Å². The van der Waals surface area contributed by atoms with Gasteiger partial charge in [0.2, 0.25) is 0 Å². The fourth-order valence-electron chi connectivity index (χ4n) is 17.5. The number of hydrogen-bond donors (Lipinski definition) is 0. The van der Waals surface area contributed by atoms with Gasteiger partial charge in [0.15, 0.2) is 0 Å². The zero-order chi connectivity index (χ0) is 41.6. The van der Waals surface area contributed by atoms with Crippen LogP contribution in [-0.2, 0) is 0 Å². The molecule has 7 aliphatic rings. The predicted octanol–water partition coefficient (Wildman–Crippen LogP) is 19.1. The number of rotatable bonds is 17. The van der Waals surface area contributed by atoms with Gasteiger partial charge in [0, 0.05) is 16.1 Å². The lowest BCUT2D eigenvalue weighted by Gasteiger charge is -2.47. The summed E-state index contributed by atoms with van der Waals surface area (Å²) < 4.78 is 0. The first kappa shape index (κ1) is 47.1. The van der Waals surface area contributed by atoms with Crippen LogP contribution in [0.25, 0.3) is 0 Å². The van der Waals surface area contributed by atoms with Crippen LogP contribution in [0.5, 0.6) is 0 Å². The van der Waals surface area contributed by atoms with Crippen LogP contribution in [0.3, 0.4) is 0 Å². The number of fused-ring (bicyclic) bond motifs is 3. The van der Waals surface area contributed by atoms with Crippen molar-refractivity contribution in [1.82, 2.24) is 0 Å². The first-order valence-corrected chi connectivity index (χ1v) is 35.3. The Kier molecular flexibility index (Phi) is 17.1. The number of allylic oxidation sites excluding steroid dienone is 2. The highest BCUT2D eigenvalue weighted by Gasteiger charge is 2.60. The lowest BCUT2D eigenvalue weighted by molar-refractivity contribution is 0.0417. The van der Waals surface area contributed by atoms with Crippen molar-refractivity contribution >= 4 is 16.1 Å². The maximum Gasteiger partial charge on any atom is 0.0473 e. The van der Waals surface area contributed by atoms with E-state index < -0.39 is 16.1 Å². The van der Waals surface area contributed by atoms with E-state index in [0.717, 1.165) is 76.2 Å². The summed E-state index contributed by atoms with van der Waals surface area (Å²) >= 11 is 0. The van der Waals surface area contributed by atoms with Crippen LogP contribution in [-0.4, -0.2) is 16.1 Å². The molecular formula is C57H104Si2. The molecule has 0 aromatic carbocycles. The Morgan fingerprint density at radius 1 is 0.441 bits per heavy atom. The summed E-state index contributed by atoms with van der Waals surface area (Å²) in [5.74, 6) is 11.2. The van der Waals surface area contributed by atoms with Crippen molar-refractivity contribution in [2.75, 3.05) is 0 Å². The minimum atomic E-state index is -0.986. The van der Waals surface area contributed by atoms with E-state index in [2.05, 4.69) is 64.8 Å². The maximum absolute atomic E-state index is 3.12. The second kappa shape index (κ2) is 21.4. The van der Waals surface area contributed by atoms with E-state index in [0.29, 0.717) is 5.41 Å². The Balaban J connectivity index is 1.08. The standard InChI is InChI=1S/C57H104Si2/c1-9-11-13-17-39-57(40-18-14-12-10-2)55-20-16-15-19-52(55)53-38-33-49(42-56(53)57)54(48-27-25-45(26-28-48)47-31-36-51(37-32-47)59(6,7)8)41-43-21-23-44(24-22-43)46-29-34-50(35-30-46)58(3,4)5/h41,43-53,55-56H,9-40,42H2,1-8H3/b54-41-. The molecule has 0 heterocycles. The predicted molar refractivity (Wildman–Crippen MR) is 267 cm³/mol. The minimum absolute atomic E-state index is 0.681.